The van der Waals surface area contributed by atoms with Crippen molar-refractivity contribution < 1.29 is 19.2 Å². The van der Waals surface area contributed by atoms with Crippen molar-refractivity contribution in [2.75, 3.05) is 7.11 Å². The number of methoxy groups -OCH3 is 1. The summed E-state index contributed by atoms with van der Waals surface area (Å²) in [6, 6.07) is 7.51. The van der Waals surface area contributed by atoms with E-state index in [1.165, 1.54) is 43.7 Å². The zero-order chi connectivity index (χ0) is 15.5. The van der Waals surface area contributed by atoms with Crippen LogP contribution in [0.2, 0.25) is 0 Å². The van der Waals surface area contributed by atoms with Crippen LogP contribution in [0.5, 0.6) is 5.75 Å². The third kappa shape index (κ3) is 2.84. The fourth-order valence-corrected chi connectivity index (χ4v) is 3.12. The first-order valence-electron chi connectivity index (χ1n) is 7.57. The van der Waals surface area contributed by atoms with Gasteiger partial charge in [0, 0.05) is 11.6 Å². The van der Waals surface area contributed by atoms with Crippen LogP contribution in [0, 0.1) is 0 Å². The van der Waals surface area contributed by atoms with Gasteiger partial charge < -0.3 is 14.4 Å². The van der Waals surface area contributed by atoms with Crippen molar-refractivity contribution in [1.82, 2.24) is 5.16 Å². The molecule has 1 N–H and O–H groups in total. The summed E-state index contributed by atoms with van der Waals surface area (Å²) in [6.45, 7) is 0. The summed E-state index contributed by atoms with van der Waals surface area (Å²) >= 11 is 0. The number of ether oxygens (including phenoxy) is 1. The Morgan fingerprint density at radius 3 is 2.68 bits per heavy atom. The molecule has 2 aromatic rings. The Morgan fingerprint density at radius 2 is 2.05 bits per heavy atom. The molecular weight excluding hydrogens is 282 g/mol. The predicted molar refractivity (Wildman–Crippen MR) is 81.3 cm³/mol. The summed E-state index contributed by atoms with van der Waals surface area (Å²) in [5.41, 5.74) is 2.53. The van der Waals surface area contributed by atoms with Gasteiger partial charge in [-0.25, -0.2) is 4.79 Å². The summed E-state index contributed by atoms with van der Waals surface area (Å²) in [7, 11) is 1.59. The van der Waals surface area contributed by atoms with Gasteiger partial charge in [-0.05, 0) is 36.5 Å². The fraction of sp³-hybridized carbons (Fsp3) is 0.412. The Hall–Kier alpha value is -2.30. The largest absolute Gasteiger partial charge is 0.496 e. The number of carboxylic acids is 1. The van der Waals surface area contributed by atoms with Crippen molar-refractivity contribution in [2.24, 2.45) is 0 Å². The average Bonchev–Trinajstić information content (AvgIpc) is 3.05. The minimum Gasteiger partial charge on any atom is -0.496 e. The van der Waals surface area contributed by atoms with Crippen LogP contribution < -0.4 is 4.74 Å². The zero-order valence-corrected chi connectivity index (χ0v) is 12.5. The normalized spacial score (nSPS) is 15.7. The van der Waals surface area contributed by atoms with Crippen LogP contribution in [0.15, 0.2) is 28.8 Å². The third-order valence-corrected chi connectivity index (χ3v) is 4.30. The van der Waals surface area contributed by atoms with E-state index in [4.69, 9.17) is 14.4 Å². The Bertz CT molecular complexity index is 671. The molecule has 5 nitrogen and oxygen atoms in total. The minimum atomic E-state index is -1.12. The molecular formula is C17H19NO4. The number of hydrogen-bond acceptors (Lipinski definition) is 4. The van der Waals surface area contributed by atoms with E-state index in [0.717, 1.165) is 5.56 Å². The molecule has 1 aliphatic rings. The number of hydrogen-bond donors (Lipinski definition) is 1. The molecule has 1 saturated carbocycles. The van der Waals surface area contributed by atoms with E-state index in [1.54, 1.807) is 7.11 Å². The lowest BCUT2D eigenvalue weighted by Gasteiger charge is -2.22. The van der Waals surface area contributed by atoms with Crippen LogP contribution in [-0.4, -0.2) is 23.3 Å². The van der Waals surface area contributed by atoms with Gasteiger partial charge in [-0.1, -0.05) is 30.5 Å². The Balaban J connectivity index is 1.98. The average molecular weight is 301 g/mol. The Morgan fingerprint density at radius 1 is 1.27 bits per heavy atom. The maximum Gasteiger partial charge on any atom is 0.374 e. The lowest BCUT2D eigenvalue weighted by atomic mass is 9.83. The molecule has 0 radical (unpaired) electrons. The van der Waals surface area contributed by atoms with Crippen LogP contribution in [0.4, 0.5) is 0 Å². The van der Waals surface area contributed by atoms with Gasteiger partial charge in [-0.15, -0.1) is 0 Å². The van der Waals surface area contributed by atoms with Crippen LogP contribution in [0.1, 0.15) is 54.1 Å². The first-order chi connectivity index (χ1) is 10.7. The van der Waals surface area contributed by atoms with E-state index in [0.29, 0.717) is 17.4 Å². The minimum absolute atomic E-state index is 0.167. The number of carboxylic acid groups (broad SMARTS) is 1. The third-order valence-electron chi connectivity index (χ3n) is 4.30. The van der Waals surface area contributed by atoms with Crippen LogP contribution >= 0.6 is 0 Å². The molecule has 1 heterocycles. The van der Waals surface area contributed by atoms with Crippen LogP contribution in [0.25, 0.3) is 11.3 Å². The van der Waals surface area contributed by atoms with Gasteiger partial charge in [0.1, 0.15) is 11.4 Å². The van der Waals surface area contributed by atoms with Crippen molar-refractivity contribution >= 4 is 5.97 Å². The molecule has 0 amide bonds. The molecule has 1 aromatic heterocycles. The van der Waals surface area contributed by atoms with E-state index in [-0.39, 0.29) is 5.76 Å². The van der Waals surface area contributed by atoms with E-state index >= 15 is 0 Å². The van der Waals surface area contributed by atoms with Gasteiger partial charge >= 0.3 is 5.97 Å². The quantitative estimate of drug-likeness (QED) is 0.920. The smallest absolute Gasteiger partial charge is 0.374 e. The fourth-order valence-electron chi connectivity index (χ4n) is 3.12. The maximum atomic E-state index is 10.9. The maximum absolute atomic E-state index is 10.9. The van der Waals surface area contributed by atoms with Crippen molar-refractivity contribution in [3.05, 3.63) is 35.6 Å². The second-order valence-corrected chi connectivity index (χ2v) is 5.68. The first-order valence-corrected chi connectivity index (χ1v) is 7.57. The molecule has 0 atom stereocenters. The standard InChI is InChI=1S/C17H19NO4/c1-21-15-8-7-12(11-5-3-2-4-6-11)9-13(15)14-10-16(17(19)20)22-18-14/h7-11H,2-6H2,1H3,(H,19,20). The molecule has 0 spiro atoms. The van der Waals surface area contributed by atoms with Crippen LogP contribution in [-0.2, 0) is 0 Å². The van der Waals surface area contributed by atoms with Gasteiger partial charge in [0.2, 0.25) is 5.76 Å². The van der Waals surface area contributed by atoms with Crippen molar-refractivity contribution in [2.45, 2.75) is 38.0 Å². The van der Waals surface area contributed by atoms with E-state index < -0.39 is 5.97 Å². The van der Waals surface area contributed by atoms with Crippen molar-refractivity contribution in [1.29, 1.82) is 0 Å². The lowest BCUT2D eigenvalue weighted by Crippen LogP contribution is -2.04. The summed E-state index contributed by atoms with van der Waals surface area (Å²) in [5.74, 6) is -0.0599. The molecule has 22 heavy (non-hydrogen) atoms. The summed E-state index contributed by atoms with van der Waals surface area (Å²) in [4.78, 5) is 10.9. The second kappa shape index (κ2) is 6.22. The molecule has 3 rings (SSSR count). The number of rotatable bonds is 4. The number of aromatic carboxylic acids is 1. The zero-order valence-electron chi connectivity index (χ0n) is 12.5. The monoisotopic (exact) mass is 301 g/mol. The molecule has 0 unspecified atom stereocenters. The van der Waals surface area contributed by atoms with Gasteiger partial charge in [-0.3, -0.25) is 0 Å². The van der Waals surface area contributed by atoms with E-state index in [1.807, 2.05) is 6.07 Å². The highest BCUT2D eigenvalue weighted by Crippen LogP contribution is 2.37. The molecule has 1 aromatic carbocycles. The number of carbonyl (C=O) groups is 1. The van der Waals surface area contributed by atoms with Crippen molar-refractivity contribution in [3.63, 3.8) is 0 Å². The molecule has 5 heteroatoms. The molecule has 1 aliphatic carbocycles. The molecule has 0 saturated heterocycles. The first kappa shape index (κ1) is 14.6. The van der Waals surface area contributed by atoms with Crippen molar-refractivity contribution in [3.8, 4) is 17.0 Å². The SMILES string of the molecule is COc1ccc(C2CCCCC2)cc1-c1cc(C(=O)O)on1. The number of nitrogens with zero attached hydrogens (tertiary/aromatic N) is 1. The molecule has 0 bridgehead atoms. The van der Waals surface area contributed by atoms with Crippen LogP contribution in [0.3, 0.4) is 0 Å². The highest BCUT2D eigenvalue weighted by atomic mass is 16.5. The lowest BCUT2D eigenvalue weighted by molar-refractivity contribution is 0.0652. The molecule has 116 valence electrons. The van der Waals surface area contributed by atoms with Gasteiger partial charge in [0.05, 0.1) is 7.11 Å². The Labute approximate surface area is 128 Å². The second-order valence-electron chi connectivity index (χ2n) is 5.68. The van der Waals surface area contributed by atoms with Gasteiger partial charge in [0.15, 0.2) is 0 Å². The summed E-state index contributed by atoms with van der Waals surface area (Å²) in [6.07, 6.45) is 6.24. The summed E-state index contributed by atoms with van der Waals surface area (Å²) < 4.78 is 10.2. The molecule has 0 aliphatic heterocycles. The van der Waals surface area contributed by atoms with Gasteiger partial charge in [0.25, 0.3) is 0 Å². The van der Waals surface area contributed by atoms with E-state index in [2.05, 4.69) is 17.3 Å². The van der Waals surface area contributed by atoms with E-state index in [9.17, 15) is 4.79 Å². The topological polar surface area (TPSA) is 72.6 Å². The predicted octanol–water partition coefficient (Wildman–Crippen LogP) is 4.10. The number of benzene rings is 1. The Kier molecular flexibility index (Phi) is 4.13. The van der Waals surface area contributed by atoms with Gasteiger partial charge in [-0.2, -0.15) is 0 Å². The molecule has 1 fully saturated rings. The number of aromatic nitrogens is 1. The summed E-state index contributed by atoms with van der Waals surface area (Å²) in [5, 5.41) is 12.8. The highest BCUT2D eigenvalue weighted by Gasteiger charge is 2.20. The highest BCUT2D eigenvalue weighted by molar-refractivity contribution is 5.86.